The molecule has 4 nitrogen and oxygen atoms in total. The van der Waals surface area contributed by atoms with Gasteiger partial charge < -0.3 is 19.4 Å². The molecule has 4 rings (SSSR count). The Labute approximate surface area is 162 Å². The van der Waals surface area contributed by atoms with E-state index in [9.17, 15) is 0 Å². The van der Waals surface area contributed by atoms with E-state index in [0.717, 1.165) is 11.5 Å². The third-order valence-corrected chi connectivity index (χ3v) is 6.20. The number of ether oxygens (including phenoxy) is 2. The lowest BCUT2D eigenvalue weighted by atomic mass is 9.71. The highest BCUT2D eigenvalue weighted by Gasteiger charge is 2.50. The third-order valence-electron chi connectivity index (χ3n) is 6.20. The fourth-order valence-electron chi connectivity index (χ4n) is 4.81. The van der Waals surface area contributed by atoms with E-state index in [-0.39, 0.29) is 6.04 Å². The third kappa shape index (κ3) is 3.35. The van der Waals surface area contributed by atoms with E-state index in [4.69, 9.17) is 14.1 Å². The minimum Gasteiger partial charge on any atom is -0.497 e. The molecule has 142 valence electrons. The van der Waals surface area contributed by atoms with Crippen molar-refractivity contribution in [1.29, 1.82) is 0 Å². The molecular weight excluding hydrogens is 337 g/mol. The maximum atomic E-state index is 6.53. The second-order valence-electron chi connectivity index (χ2n) is 7.56. The first-order valence-corrected chi connectivity index (χ1v) is 9.94. The van der Waals surface area contributed by atoms with Crippen molar-refractivity contribution in [3.63, 3.8) is 0 Å². The SMILES string of the molecule is COc1ccc(C2(c3ccc(OC)cc3)OBN[C@@H]2C2CCCCC2)cc1. The van der Waals surface area contributed by atoms with Crippen LogP contribution in [0.25, 0.3) is 0 Å². The molecule has 1 aliphatic carbocycles. The lowest BCUT2D eigenvalue weighted by molar-refractivity contribution is 0.0803. The fourth-order valence-corrected chi connectivity index (χ4v) is 4.81. The van der Waals surface area contributed by atoms with Gasteiger partial charge in [-0.3, -0.25) is 0 Å². The zero-order valence-corrected chi connectivity index (χ0v) is 16.2. The number of benzene rings is 2. The molecule has 0 radical (unpaired) electrons. The maximum absolute atomic E-state index is 6.53. The lowest BCUT2D eigenvalue weighted by Crippen LogP contribution is -2.47. The number of methoxy groups -OCH3 is 2. The summed E-state index contributed by atoms with van der Waals surface area (Å²) in [6.45, 7) is 0. The quantitative estimate of drug-likeness (QED) is 0.819. The molecule has 1 saturated heterocycles. The van der Waals surface area contributed by atoms with Crippen molar-refractivity contribution in [2.45, 2.75) is 43.7 Å². The summed E-state index contributed by atoms with van der Waals surface area (Å²) in [5.74, 6) is 2.35. The monoisotopic (exact) mass is 365 g/mol. The van der Waals surface area contributed by atoms with E-state index in [1.807, 2.05) is 24.3 Å². The van der Waals surface area contributed by atoms with Crippen molar-refractivity contribution >= 4 is 7.62 Å². The molecule has 2 fully saturated rings. The highest BCUT2D eigenvalue weighted by molar-refractivity contribution is 6.25. The van der Waals surface area contributed by atoms with Crippen LogP contribution in [0, 0.1) is 5.92 Å². The van der Waals surface area contributed by atoms with Crippen LogP contribution in [0.2, 0.25) is 0 Å². The first kappa shape index (κ1) is 18.4. The van der Waals surface area contributed by atoms with Crippen LogP contribution in [0.5, 0.6) is 11.5 Å². The summed E-state index contributed by atoms with van der Waals surface area (Å²) in [6.07, 6.45) is 6.49. The van der Waals surface area contributed by atoms with Crippen LogP contribution in [0.3, 0.4) is 0 Å². The van der Waals surface area contributed by atoms with Crippen molar-refractivity contribution in [3.05, 3.63) is 59.7 Å². The van der Waals surface area contributed by atoms with Crippen LogP contribution in [-0.2, 0) is 10.3 Å². The molecule has 0 unspecified atom stereocenters. The van der Waals surface area contributed by atoms with Crippen LogP contribution >= 0.6 is 0 Å². The largest absolute Gasteiger partial charge is 0.497 e. The number of hydrogen-bond donors (Lipinski definition) is 1. The Morgan fingerprint density at radius 3 is 1.85 bits per heavy atom. The van der Waals surface area contributed by atoms with E-state index < -0.39 is 5.60 Å². The first-order valence-electron chi connectivity index (χ1n) is 9.94. The minimum atomic E-state index is -0.486. The minimum absolute atomic E-state index is 0.264. The lowest BCUT2D eigenvalue weighted by Gasteiger charge is -2.41. The van der Waals surface area contributed by atoms with Gasteiger partial charge in [-0.25, -0.2) is 0 Å². The molecule has 1 aliphatic heterocycles. The van der Waals surface area contributed by atoms with Crippen LogP contribution in [0.4, 0.5) is 0 Å². The first-order chi connectivity index (χ1) is 13.3. The van der Waals surface area contributed by atoms with Gasteiger partial charge in [0.05, 0.1) is 14.2 Å². The van der Waals surface area contributed by atoms with Gasteiger partial charge in [0.25, 0.3) is 0 Å². The Morgan fingerprint density at radius 2 is 1.37 bits per heavy atom. The summed E-state index contributed by atoms with van der Waals surface area (Å²) < 4.78 is 17.3. The molecule has 2 aromatic rings. The van der Waals surface area contributed by atoms with Crippen LogP contribution in [0.15, 0.2) is 48.5 Å². The second kappa shape index (κ2) is 7.95. The standard InChI is InChI=1S/C22H28BNO3/c1-25-19-12-8-17(9-13-19)22(18-10-14-20(26-2)15-11-18)21(24-23-27-22)16-6-4-3-5-7-16/h8-16,21,23-24H,3-7H2,1-2H3/t21-/m1/s1. The van der Waals surface area contributed by atoms with Gasteiger partial charge in [0.1, 0.15) is 17.1 Å². The topological polar surface area (TPSA) is 39.7 Å². The Bertz CT molecular complexity index is 694. The molecular formula is C22H28BNO3. The van der Waals surface area contributed by atoms with Crippen molar-refractivity contribution in [3.8, 4) is 11.5 Å². The maximum Gasteiger partial charge on any atom is 0.362 e. The van der Waals surface area contributed by atoms with Crippen LogP contribution < -0.4 is 14.7 Å². The van der Waals surface area contributed by atoms with E-state index in [1.165, 1.54) is 43.2 Å². The van der Waals surface area contributed by atoms with Gasteiger partial charge in [-0.15, -0.1) is 0 Å². The molecule has 0 bridgehead atoms. The van der Waals surface area contributed by atoms with E-state index in [0.29, 0.717) is 13.5 Å². The van der Waals surface area contributed by atoms with Crippen molar-refractivity contribution in [1.82, 2.24) is 5.23 Å². The Morgan fingerprint density at radius 1 is 0.852 bits per heavy atom. The molecule has 1 N–H and O–H groups in total. The summed E-state index contributed by atoms with van der Waals surface area (Å²) in [7, 11) is 3.97. The predicted octanol–water partition coefficient (Wildman–Crippen LogP) is 3.78. The zero-order valence-electron chi connectivity index (χ0n) is 16.2. The van der Waals surface area contributed by atoms with E-state index in [1.54, 1.807) is 14.2 Å². The summed E-state index contributed by atoms with van der Waals surface area (Å²) in [5, 5.41) is 3.69. The van der Waals surface area contributed by atoms with Gasteiger partial charge >= 0.3 is 7.62 Å². The van der Waals surface area contributed by atoms with Gasteiger partial charge in [-0.2, -0.15) is 0 Å². The number of hydrogen-bond acceptors (Lipinski definition) is 4. The second-order valence-corrected chi connectivity index (χ2v) is 7.56. The summed E-state index contributed by atoms with van der Waals surface area (Å²) in [4.78, 5) is 0. The molecule has 1 atom stereocenters. The molecule has 0 aromatic heterocycles. The van der Waals surface area contributed by atoms with E-state index >= 15 is 0 Å². The van der Waals surface area contributed by atoms with Crippen LogP contribution in [-0.4, -0.2) is 27.9 Å². The van der Waals surface area contributed by atoms with Crippen molar-refractivity contribution in [2.75, 3.05) is 14.2 Å². The molecule has 5 heteroatoms. The molecule has 0 amide bonds. The molecule has 27 heavy (non-hydrogen) atoms. The van der Waals surface area contributed by atoms with E-state index in [2.05, 4.69) is 29.5 Å². The summed E-state index contributed by atoms with van der Waals surface area (Å²) in [5.41, 5.74) is 1.86. The molecule has 2 aromatic carbocycles. The Balaban J connectivity index is 1.79. The Kier molecular flexibility index (Phi) is 5.42. The molecule has 1 saturated carbocycles. The fraction of sp³-hybridized carbons (Fsp3) is 0.455. The smallest absolute Gasteiger partial charge is 0.362 e. The highest BCUT2D eigenvalue weighted by Crippen LogP contribution is 2.45. The number of nitrogens with one attached hydrogen (secondary N) is 1. The van der Waals surface area contributed by atoms with Gasteiger partial charge in [0.15, 0.2) is 0 Å². The highest BCUT2D eigenvalue weighted by atomic mass is 16.5. The van der Waals surface area contributed by atoms with Gasteiger partial charge in [-0.1, -0.05) is 43.5 Å². The number of rotatable bonds is 5. The van der Waals surface area contributed by atoms with Gasteiger partial charge in [-0.05, 0) is 54.2 Å². The average molecular weight is 365 g/mol. The Hall–Kier alpha value is -1.98. The predicted molar refractivity (Wildman–Crippen MR) is 109 cm³/mol. The molecule has 2 aliphatic rings. The average Bonchev–Trinajstić information content (AvgIpc) is 3.20. The normalized spacial score (nSPS) is 22.2. The van der Waals surface area contributed by atoms with Crippen molar-refractivity contribution < 1.29 is 14.1 Å². The molecule has 0 spiro atoms. The summed E-state index contributed by atoms with van der Waals surface area (Å²) >= 11 is 0. The zero-order chi connectivity index (χ0) is 18.7. The summed E-state index contributed by atoms with van der Waals surface area (Å²) in [6, 6.07) is 17.0. The van der Waals surface area contributed by atoms with Crippen LogP contribution in [0.1, 0.15) is 43.2 Å². The van der Waals surface area contributed by atoms with Crippen molar-refractivity contribution in [2.24, 2.45) is 5.92 Å². The van der Waals surface area contributed by atoms with Gasteiger partial charge in [0, 0.05) is 6.04 Å². The van der Waals surface area contributed by atoms with Gasteiger partial charge in [0.2, 0.25) is 0 Å². The molecule has 1 heterocycles.